The number of nitrogens with two attached hydrogens (primary N) is 1. The maximum Gasteiger partial charge on any atom is 0.313 e. The molecular formula is C12H14N4O2S. The molecule has 0 amide bonds. The van der Waals surface area contributed by atoms with Gasteiger partial charge in [-0.3, -0.25) is 4.79 Å². The standard InChI is InChI=1S/C12H14N4O2S/c1-7-3-8(2)5-9(4-7)11-14-15-12(16(11)13)19-6-10(17)18/h3-5H,6,13H2,1-2H3,(H,17,18). The van der Waals surface area contributed by atoms with Crippen molar-refractivity contribution in [3.8, 4) is 11.4 Å². The number of carboxylic acids is 1. The van der Waals surface area contributed by atoms with E-state index in [1.165, 1.54) is 4.68 Å². The van der Waals surface area contributed by atoms with Crippen molar-refractivity contribution < 1.29 is 9.90 Å². The Hall–Kier alpha value is -2.02. The van der Waals surface area contributed by atoms with Crippen LogP contribution in [0, 0.1) is 13.8 Å². The van der Waals surface area contributed by atoms with E-state index in [-0.39, 0.29) is 5.75 Å². The highest BCUT2D eigenvalue weighted by Gasteiger charge is 2.13. The number of hydrogen-bond donors (Lipinski definition) is 2. The first-order chi connectivity index (χ1) is 8.97. The van der Waals surface area contributed by atoms with E-state index in [0.717, 1.165) is 28.5 Å². The molecule has 0 aliphatic heterocycles. The van der Waals surface area contributed by atoms with Crippen molar-refractivity contribution in [2.45, 2.75) is 19.0 Å². The lowest BCUT2D eigenvalue weighted by atomic mass is 10.1. The summed E-state index contributed by atoms with van der Waals surface area (Å²) in [6.45, 7) is 3.99. The van der Waals surface area contributed by atoms with E-state index in [4.69, 9.17) is 10.9 Å². The summed E-state index contributed by atoms with van der Waals surface area (Å²) in [5, 5.41) is 17.0. The molecule has 0 unspecified atom stereocenters. The summed E-state index contributed by atoms with van der Waals surface area (Å²) in [5.74, 6) is 5.42. The number of carboxylic acid groups (broad SMARTS) is 1. The van der Waals surface area contributed by atoms with Crippen molar-refractivity contribution in [1.29, 1.82) is 0 Å². The number of thioether (sulfide) groups is 1. The van der Waals surface area contributed by atoms with Crippen molar-refractivity contribution >= 4 is 17.7 Å². The summed E-state index contributed by atoms with van der Waals surface area (Å²) in [5.41, 5.74) is 3.09. The van der Waals surface area contributed by atoms with Crippen LogP contribution >= 0.6 is 11.8 Å². The highest BCUT2D eigenvalue weighted by molar-refractivity contribution is 7.99. The molecule has 0 atom stereocenters. The zero-order valence-electron chi connectivity index (χ0n) is 10.6. The lowest BCUT2D eigenvalue weighted by Crippen LogP contribution is -2.12. The summed E-state index contributed by atoms with van der Waals surface area (Å²) in [7, 11) is 0. The highest BCUT2D eigenvalue weighted by Crippen LogP contribution is 2.23. The fourth-order valence-electron chi connectivity index (χ4n) is 1.80. The molecule has 0 spiro atoms. The average molecular weight is 278 g/mol. The van der Waals surface area contributed by atoms with E-state index >= 15 is 0 Å². The Labute approximate surface area is 114 Å². The Morgan fingerprint density at radius 2 is 1.95 bits per heavy atom. The molecule has 0 radical (unpaired) electrons. The normalized spacial score (nSPS) is 10.6. The fourth-order valence-corrected chi connectivity index (χ4v) is 2.38. The van der Waals surface area contributed by atoms with Gasteiger partial charge in [0.15, 0.2) is 5.82 Å². The number of carbonyl (C=O) groups is 1. The van der Waals surface area contributed by atoms with Crippen LogP contribution in [0.1, 0.15) is 11.1 Å². The number of nitrogens with zero attached hydrogens (tertiary/aromatic N) is 3. The maximum absolute atomic E-state index is 10.5. The van der Waals surface area contributed by atoms with Gasteiger partial charge in [-0.2, -0.15) is 0 Å². The zero-order valence-corrected chi connectivity index (χ0v) is 11.4. The van der Waals surface area contributed by atoms with Gasteiger partial charge in [0, 0.05) is 5.56 Å². The van der Waals surface area contributed by atoms with Crippen molar-refractivity contribution in [2.24, 2.45) is 0 Å². The lowest BCUT2D eigenvalue weighted by Gasteiger charge is -2.05. The van der Waals surface area contributed by atoms with Gasteiger partial charge < -0.3 is 10.9 Å². The van der Waals surface area contributed by atoms with Gasteiger partial charge in [-0.05, 0) is 26.0 Å². The first-order valence-corrected chi connectivity index (χ1v) is 6.59. The van der Waals surface area contributed by atoms with E-state index in [0.29, 0.717) is 11.0 Å². The summed E-state index contributed by atoms with van der Waals surface area (Å²) >= 11 is 1.04. The van der Waals surface area contributed by atoms with Gasteiger partial charge in [-0.1, -0.05) is 29.0 Å². The van der Waals surface area contributed by atoms with Gasteiger partial charge in [0.25, 0.3) is 0 Å². The van der Waals surface area contributed by atoms with Crippen molar-refractivity contribution in [3.63, 3.8) is 0 Å². The minimum absolute atomic E-state index is 0.0951. The third-order valence-electron chi connectivity index (χ3n) is 2.47. The van der Waals surface area contributed by atoms with Crippen LogP contribution in [-0.2, 0) is 4.79 Å². The zero-order chi connectivity index (χ0) is 14.0. The van der Waals surface area contributed by atoms with E-state index in [2.05, 4.69) is 16.3 Å². The third kappa shape index (κ3) is 3.05. The van der Waals surface area contributed by atoms with Crippen LogP contribution in [0.5, 0.6) is 0 Å². The van der Waals surface area contributed by atoms with Gasteiger partial charge in [-0.25, -0.2) is 4.68 Å². The number of rotatable bonds is 4. The number of aromatic nitrogens is 3. The molecule has 0 fully saturated rings. The molecule has 0 saturated carbocycles. The number of hydrogen-bond acceptors (Lipinski definition) is 5. The molecule has 0 aliphatic rings. The second-order valence-corrected chi connectivity index (χ2v) is 5.18. The molecule has 7 heteroatoms. The van der Waals surface area contributed by atoms with E-state index in [9.17, 15) is 4.79 Å². The quantitative estimate of drug-likeness (QED) is 0.649. The molecule has 2 rings (SSSR count). The van der Waals surface area contributed by atoms with Crippen LogP contribution in [0.25, 0.3) is 11.4 Å². The molecule has 1 aromatic heterocycles. The third-order valence-corrected chi connectivity index (χ3v) is 3.40. The predicted octanol–water partition coefficient (Wildman–Crippen LogP) is 1.45. The topological polar surface area (TPSA) is 94.0 Å². The first kappa shape index (κ1) is 13.4. The maximum atomic E-state index is 10.5. The first-order valence-electron chi connectivity index (χ1n) is 5.61. The smallest absolute Gasteiger partial charge is 0.313 e. The fraction of sp³-hybridized carbons (Fsp3) is 0.250. The van der Waals surface area contributed by atoms with Crippen molar-refractivity contribution in [3.05, 3.63) is 29.3 Å². The lowest BCUT2D eigenvalue weighted by molar-refractivity contribution is -0.133. The van der Waals surface area contributed by atoms with Gasteiger partial charge in [0.2, 0.25) is 5.16 Å². The number of aryl methyl sites for hydroxylation is 2. The Balaban J connectivity index is 2.33. The average Bonchev–Trinajstić information content (AvgIpc) is 2.66. The largest absolute Gasteiger partial charge is 0.481 e. The summed E-state index contributed by atoms with van der Waals surface area (Å²) in [6.07, 6.45) is 0. The van der Waals surface area contributed by atoms with E-state index in [1.54, 1.807) is 0 Å². The Morgan fingerprint density at radius 1 is 1.32 bits per heavy atom. The molecular weight excluding hydrogens is 264 g/mol. The van der Waals surface area contributed by atoms with Crippen LogP contribution in [-0.4, -0.2) is 31.7 Å². The van der Waals surface area contributed by atoms with Gasteiger partial charge >= 0.3 is 5.97 Å². The molecule has 100 valence electrons. The summed E-state index contributed by atoms with van der Waals surface area (Å²) in [4.78, 5) is 10.5. The Morgan fingerprint density at radius 3 is 2.53 bits per heavy atom. The van der Waals surface area contributed by atoms with Gasteiger partial charge in [0.1, 0.15) is 0 Å². The second-order valence-electron chi connectivity index (χ2n) is 4.23. The van der Waals surface area contributed by atoms with Crippen LogP contribution in [0.3, 0.4) is 0 Å². The Kier molecular flexibility index (Phi) is 3.75. The number of benzene rings is 1. The molecule has 1 heterocycles. The number of aliphatic carboxylic acids is 1. The molecule has 0 saturated heterocycles. The molecule has 0 bridgehead atoms. The van der Waals surface area contributed by atoms with E-state index in [1.807, 2.05) is 26.0 Å². The van der Waals surface area contributed by atoms with Crippen molar-refractivity contribution in [1.82, 2.24) is 14.9 Å². The molecule has 6 nitrogen and oxygen atoms in total. The molecule has 2 aromatic rings. The molecule has 1 aromatic carbocycles. The predicted molar refractivity (Wildman–Crippen MR) is 73.4 cm³/mol. The monoisotopic (exact) mass is 278 g/mol. The molecule has 3 N–H and O–H groups in total. The van der Waals surface area contributed by atoms with Crippen LogP contribution in [0.15, 0.2) is 23.4 Å². The number of nitrogen functional groups attached to an aromatic ring is 1. The SMILES string of the molecule is Cc1cc(C)cc(-c2nnc(SCC(=O)O)n2N)c1. The van der Waals surface area contributed by atoms with Gasteiger partial charge in [-0.15, -0.1) is 10.2 Å². The van der Waals surface area contributed by atoms with Gasteiger partial charge in [0.05, 0.1) is 5.75 Å². The Bertz CT molecular complexity index is 604. The second kappa shape index (κ2) is 5.31. The molecule has 19 heavy (non-hydrogen) atoms. The van der Waals surface area contributed by atoms with Crippen LogP contribution in [0.2, 0.25) is 0 Å². The van der Waals surface area contributed by atoms with Crippen LogP contribution < -0.4 is 5.84 Å². The molecule has 0 aliphatic carbocycles. The highest BCUT2D eigenvalue weighted by atomic mass is 32.2. The van der Waals surface area contributed by atoms with Crippen molar-refractivity contribution in [2.75, 3.05) is 11.6 Å². The summed E-state index contributed by atoms with van der Waals surface area (Å²) in [6, 6.07) is 5.98. The van der Waals surface area contributed by atoms with Crippen LogP contribution in [0.4, 0.5) is 0 Å². The van der Waals surface area contributed by atoms with E-state index < -0.39 is 5.97 Å². The minimum atomic E-state index is -0.916. The minimum Gasteiger partial charge on any atom is -0.481 e. The summed E-state index contributed by atoms with van der Waals surface area (Å²) < 4.78 is 1.32.